The minimum Gasteiger partial charge on any atom is -0.456 e. The molecule has 0 fully saturated rings. The summed E-state index contributed by atoms with van der Waals surface area (Å²) in [7, 11) is 0. The maximum atomic E-state index is 6.06. The lowest BCUT2D eigenvalue weighted by Crippen LogP contribution is -1.89. The average molecular weight is 359 g/mol. The molecule has 2 nitrogen and oxygen atoms in total. The van der Waals surface area contributed by atoms with Crippen molar-refractivity contribution in [3.63, 3.8) is 0 Å². The zero-order chi connectivity index (χ0) is 18.5. The van der Waals surface area contributed by atoms with Crippen molar-refractivity contribution in [2.24, 2.45) is 0 Å². The molecule has 0 aliphatic carbocycles. The van der Waals surface area contributed by atoms with E-state index in [1.54, 1.807) is 0 Å². The van der Waals surface area contributed by atoms with Crippen molar-refractivity contribution in [3.05, 3.63) is 97.1 Å². The third-order valence-electron chi connectivity index (χ3n) is 5.40. The van der Waals surface area contributed by atoms with Crippen LogP contribution in [0, 0.1) is 0 Å². The van der Waals surface area contributed by atoms with Gasteiger partial charge in [0.15, 0.2) is 0 Å². The second-order valence-corrected chi connectivity index (χ2v) is 7.16. The molecule has 0 saturated carbocycles. The predicted molar refractivity (Wildman–Crippen MR) is 118 cm³/mol. The number of hydrogen-bond donors (Lipinski definition) is 1. The van der Waals surface area contributed by atoms with E-state index in [0.29, 0.717) is 0 Å². The molecule has 0 spiro atoms. The molecule has 1 aromatic heterocycles. The van der Waals surface area contributed by atoms with E-state index in [-0.39, 0.29) is 0 Å². The third-order valence-corrected chi connectivity index (χ3v) is 5.40. The fraction of sp³-hybridized carbons (Fsp3) is 0. The fourth-order valence-electron chi connectivity index (χ4n) is 4.04. The van der Waals surface area contributed by atoms with Crippen LogP contribution in [-0.4, -0.2) is 0 Å². The molecule has 0 atom stereocenters. The monoisotopic (exact) mass is 359 g/mol. The van der Waals surface area contributed by atoms with E-state index in [2.05, 4.69) is 72.0 Å². The molecule has 5 aromatic carbocycles. The zero-order valence-electron chi connectivity index (χ0n) is 15.1. The highest BCUT2D eigenvalue weighted by Crippen LogP contribution is 2.35. The molecule has 28 heavy (non-hydrogen) atoms. The summed E-state index contributed by atoms with van der Waals surface area (Å²) in [5.74, 6) is 0. The third kappa shape index (κ3) is 2.35. The Morgan fingerprint density at radius 3 is 2.14 bits per heavy atom. The number of nitrogens with one attached hydrogen (secondary N) is 1. The molecule has 132 valence electrons. The van der Waals surface area contributed by atoms with Crippen molar-refractivity contribution in [3.8, 4) is 0 Å². The summed E-state index contributed by atoms with van der Waals surface area (Å²) in [5, 5.41) is 10.7. The summed E-state index contributed by atoms with van der Waals surface area (Å²) in [5.41, 5.74) is 4.05. The normalized spacial score (nSPS) is 11.6. The van der Waals surface area contributed by atoms with Gasteiger partial charge in [0.1, 0.15) is 11.2 Å². The molecular weight excluding hydrogens is 342 g/mol. The summed E-state index contributed by atoms with van der Waals surface area (Å²) in [6.07, 6.45) is 0. The highest BCUT2D eigenvalue weighted by molar-refractivity contribution is 6.16. The van der Waals surface area contributed by atoms with Crippen molar-refractivity contribution < 1.29 is 4.42 Å². The number of hydrogen-bond acceptors (Lipinski definition) is 2. The number of rotatable bonds is 2. The summed E-state index contributed by atoms with van der Waals surface area (Å²) < 4.78 is 6.06. The molecule has 6 rings (SSSR count). The van der Waals surface area contributed by atoms with Crippen LogP contribution in [0.4, 0.5) is 11.4 Å². The first-order chi connectivity index (χ1) is 13.8. The molecule has 0 bridgehead atoms. The van der Waals surface area contributed by atoms with Crippen molar-refractivity contribution in [2.75, 3.05) is 5.32 Å². The zero-order valence-corrected chi connectivity index (χ0v) is 15.1. The largest absolute Gasteiger partial charge is 0.456 e. The Kier molecular flexibility index (Phi) is 3.20. The van der Waals surface area contributed by atoms with Gasteiger partial charge < -0.3 is 9.73 Å². The van der Waals surface area contributed by atoms with E-state index in [9.17, 15) is 0 Å². The van der Waals surface area contributed by atoms with Gasteiger partial charge in [-0.25, -0.2) is 0 Å². The molecule has 0 aliphatic rings. The van der Waals surface area contributed by atoms with Gasteiger partial charge in [0.25, 0.3) is 0 Å². The van der Waals surface area contributed by atoms with Crippen molar-refractivity contribution in [1.82, 2.24) is 0 Å². The highest BCUT2D eigenvalue weighted by atomic mass is 16.3. The van der Waals surface area contributed by atoms with Gasteiger partial charge in [0.2, 0.25) is 0 Å². The number of fused-ring (bicyclic) bond motifs is 6. The Morgan fingerprint density at radius 1 is 0.464 bits per heavy atom. The van der Waals surface area contributed by atoms with Crippen LogP contribution in [0.15, 0.2) is 101 Å². The maximum Gasteiger partial charge on any atom is 0.136 e. The van der Waals surface area contributed by atoms with E-state index in [1.807, 2.05) is 30.3 Å². The van der Waals surface area contributed by atoms with Crippen LogP contribution in [0.3, 0.4) is 0 Å². The van der Waals surface area contributed by atoms with E-state index in [4.69, 9.17) is 4.42 Å². The Balaban J connectivity index is 1.61. The molecule has 0 saturated heterocycles. The quantitative estimate of drug-likeness (QED) is 0.321. The van der Waals surface area contributed by atoms with Gasteiger partial charge in [-0.3, -0.25) is 0 Å². The second kappa shape index (κ2) is 5.86. The van der Waals surface area contributed by atoms with E-state index < -0.39 is 0 Å². The van der Waals surface area contributed by atoms with Crippen molar-refractivity contribution >= 4 is 54.9 Å². The molecule has 0 unspecified atom stereocenters. The lowest BCUT2D eigenvalue weighted by molar-refractivity contribution is 0.669. The summed E-state index contributed by atoms with van der Waals surface area (Å²) in [6.45, 7) is 0. The van der Waals surface area contributed by atoms with Crippen LogP contribution in [0.25, 0.3) is 43.5 Å². The first kappa shape index (κ1) is 15.3. The Labute approximate surface area is 162 Å². The van der Waals surface area contributed by atoms with Gasteiger partial charge in [0, 0.05) is 22.1 Å². The molecule has 6 aromatic rings. The van der Waals surface area contributed by atoms with Crippen LogP contribution >= 0.6 is 0 Å². The number of anilines is 2. The molecule has 0 aliphatic heterocycles. The lowest BCUT2D eigenvalue weighted by atomic mass is 9.99. The minimum atomic E-state index is 0.934. The van der Waals surface area contributed by atoms with Crippen LogP contribution in [0.1, 0.15) is 0 Å². The molecular formula is C26H17NO. The molecule has 1 N–H and O–H groups in total. The van der Waals surface area contributed by atoms with Crippen molar-refractivity contribution in [2.45, 2.75) is 0 Å². The topological polar surface area (TPSA) is 25.2 Å². The van der Waals surface area contributed by atoms with Crippen LogP contribution in [0.2, 0.25) is 0 Å². The van der Waals surface area contributed by atoms with Crippen LogP contribution in [0.5, 0.6) is 0 Å². The number of furan rings is 1. The van der Waals surface area contributed by atoms with Gasteiger partial charge in [-0.1, -0.05) is 54.6 Å². The summed E-state index contributed by atoms with van der Waals surface area (Å²) in [6, 6.07) is 33.8. The van der Waals surface area contributed by atoms with Gasteiger partial charge in [-0.05, 0) is 64.0 Å². The number of benzene rings is 5. The maximum absolute atomic E-state index is 6.06. The van der Waals surface area contributed by atoms with E-state index in [1.165, 1.54) is 21.5 Å². The second-order valence-electron chi connectivity index (χ2n) is 7.16. The van der Waals surface area contributed by atoms with Crippen LogP contribution in [-0.2, 0) is 0 Å². The predicted octanol–water partition coefficient (Wildman–Crippen LogP) is 7.64. The Bertz CT molecular complexity index is 1480. The average Bonchev–Trinajstić information content (AvgIpc) is 3.10. The lowest BCUT2D eigenvalue weighted by Gasteiger charge is -2.10. The van der Waals surface area contributed by atoms with Gasteiger partial charge >= 0.3 is 0 Å². The minimum absolute atomic E-state index is 0.934. The van der Waals surface area contributed by atoms with Crippen LogP contribution < -0.4 is 5.32 Å². The standard InChI is InChI=1S/C26H17NO/c1-2-6-19(7-3-1)27-20-13-12-17-10-11-18-14-26-24(16-23(18)22(17)15-20)21-8-4-5-9-25(21)28-26/h1-16,27H. The first-order valence-corrected chi connectivity index (χ1v) is 9.45. The molecule has 0 radical (unpaired) electrons. The van der Waals surface area contributed by atoms with E-state index >= 15 is 0 Å². The number of para-hydroxylation sites is 2. The first-order valence-electron chi connectivity index (χ1n) is 9.45. The molecule has 1 heterocycles. The molecule has 2 heteroatoms. The summed E-state index contributed by atoms with van der Waals surface area (Å²) >= 11 is 0. The summed E-state index contributed by atoms with van der Waals surface area (Å²) in [4.78, 5) is 0. The van der Waals surface area contributed by atoms with Gasteiger partial charge in [-0.2, -0.15) is 0 Å². The van der Waals surface area contributed by atoms with Crippen molar-refractivity contribution in [1.29, 1.82) is 0 Å². The SMILES string of the molecule is c1ccc(Nc2ccc3ccc4cc5oc6ccccc6c5cc4c3c2)cc1. The smallest absolute Gasteiger partial charge is 0.136 e. The van der Waals surface area contributed by atoms with E-state index in [0.717, 1.165) is 33.3 Å². The highest BCUT2D eigenvalue weighted by Gasteiger charge is 2.10. The molecule has 0 amide bonds. The Morgan fingerprint density at radius 2 is 1.21 bits per heavy atom. The Hall–Kier alpha value is -3.78. The van der Waals surface area contributed by atoms with Gasteiger partial charge in [-0.15, -0.1) is 0 Å². The van der Waals surface area contributed by atoms with Gasteiger partial charge in [0.05, 0.1) is 0 Å². The fourth-order valence-corrected chi connectivity index (χ4v) is 4.04.